The molecular formula is C10H15N5O5. The Bertz CT molecular complexity index is 588. The molecule has 0 bridgehead atoms. The first-order chi connectivity index (χ1) is 9.49. The number of aliphatic hydroxyl groups excluding tert-OH is 2. The summed E-state index contributed by atoms with van der Waals surface area (Å²) < 4.78 is 6.35. The molecule has 0 amide bonds. The van der Waals surface area contributed by atoms with Crippen molar-refractivity contribution in [2.24, 2.45) is 5.11 Å². The maximum Gasteiger partial charge on any atom is 0.330 e. The van der Waals surface area contributed by atoms with Gasteiger partial charge in [-0.15, -0.1) is 0 Å². The second-order valence-corrected chi connectivity index (χ2v) is 3.98. The molecule has 0 radical (unpaired) electrons. The van der Waals surface area contributed by atoms with Crippen LogP contribution < -0.4 is 11.2 Å². The second-order valence-electron chi connectivity index (χ2n) is 3.98. The number of hydrogen-bond donors (Lipinski definition) is 3. The number of nitrogens with one attached hydrogen (secondary N) is 1. The number of azide groups is 1. The zero-order valence-corrected chi connectivity index (χ0v) is 10.7. The first-order valence-electron chi connectivity index (χ1n) is 5.76. The standard InChI is InChI=1S/C10H15N5O5/c1-6(17)7(5-16)20-9(4-12-14-11)15-3-2-8(18)13-10(15)19/h2-3,6-7,9,16-17H,4-5H2,1H3,(H,13,18,19)/t6-,7+,9+/m0/s1. The molecule has 1 aromatic rings. The van der Waals surface area contributed by atoms with E-state index in [-0.39, 0.29) is 6.54 Å². The molecule has 0 aliphatic heterocycles. The van der Waals surface area contributed by atoms with E-state index < -0.39 is 36.3 Å². The van der Waals surface area contributed by atoms with Gasteiger partial charge in [-0.2, -0.15) is 0 Å². The van der Waals surface area contributed by atoms with Crippen molar-refractivity contribution in [2.75, 3.05) is 13.2 Å². The van der Waals surface area contributed by atoms with Crippen LogP contribution in [0.2, 0.25) is 0 Å². The number of H-pyrrole nitrogens is 1. The van der Waals surface area contributed by atoms with Crippen molar-refractivity contribution in [3.8, 4) is 0 Å². The molecule has 110 valence electrons. The van der Waals surface area contributed by atoms with E-state index in [0.29, 0.717) is 0 Å². The molecule has 0 saturated heterocycles. The largest absolute Gasteiger partial charge is 0.394 e. The van der Waals surface area contributed by atoms with Gasteiger partial charge in [0.2, 0.25) is 0 Å². The Morgan fingerprint density at radius 2 is 2.30 bits per heavy atom. The molecule has 0 aliphatic rings. The summed E-state index contributed by atoms with van der Waals surface area (Å²) in [4.78, 5) is 27.2. The number of aromatic nitrogens is 2. The number of rotatable bonds is 7. The number of nitrogens with zero attached hydrogens (tertiary/aromatic N) is 4. The van der Waals surface area contributed by atoms with Gasteiger partial charge in [0.25, 0.3) is 5.56 Å². The summed E-state index contributed by atoms with van der Waals surface area (Å²) in [6.07, 6.45) is -1.84. The maximum atomic E-state index is 11.7. The molecule has 0 aromatic carbocycles. The van der Waals surface area contributed by atoms with Gasteiger partial charge in [-0.3, -0.25) is 14.3 Å². The Morgan fingerprint density at radius 1 is 1.60 bits per heavy atom. The van der Waals surface area contributed by atoms with Gasteiger partial charge in [0.15, 0.2) is 0 Å². The number of aliphatic hydroxyl groups is 2. The van der Waals surface area contributed by atoms with Crippen molar-refractivity contribution >= 4 is 0 Å². The fraction of sp³-hybridized carbons (Fsp3) is 0.600. The van der Waals surface area contributed by atoms with Crippen LogP contribution in [0.1, 0.15) is 13.2 Å². The van der Waals surface area contributed by atoms with Crippen LogP contribution in [0.3, 0.4) is 0 Å². The highest BCUT2D eigenvalue weighted by Crippen LogP contribution is 2.12. The molecule has 20 heavy (non-hydrogen) atoms. The highest BCUT2D eigenvalue weighted by atomic mass is 16.5. The average Bonchev–Trinajstić information content (AvgIpc) is 2.39. The lowest BCUT2D eigenvalue weighted by atomic mass is 10.2. The monoisotopic (exact) mass is 285 g/mol. The molecule has 1 aromatic heterocycles. The van der Waals surface area contributed by atoms with Crippen molar-refractivity contribution in [1.29, 1.82) is 0 Å². The third-order valence-electron chi connectivity index (χ3n) is 2.51. The molecule has 3 N–H and O–H groups in total. The number of hydrogen-bond acceptors (Lipinski definition) is 6. The SMILES string of the molecule is C[C@H](O)[C@@H](CO)O[C@H](CN=[N+]=[N-])n1ccc(=O)[nH]c1=O. The lowest BCUT2D eigenvalue weighted by Crippen LogP contribution is -2.39. The number of aromatic amines is 1. The average molecular weight is 285 g/mol. The van der Waals surface area contributed by atoms with Crippen LogP contribution in [0.25, 0.3) is 10.4 Å². The van der Waals surface area contributed by atoms with Crippen LogP contribution in [0.5, 0.6) is 0 Å². The molecule has 3 atom stereocenters. The molecular weight excluding hydrogens is 270 g/mol. The first kappa shape index (κ1) is 15.9. The molecule has 10 heteroatoms. The van der Waals surface area contributed by atoms with Crippen molar-refractivity contribution in [1.82, 2.24) is 9.55 Å². The minimum atomic E-state index is -1.05. The van der Waals surface area contributed by atoms with E-state index in [2.05, 4.69) is 10.0 Å². The molecule has 0 saturated carbocycles. The normalized spacial score (nSPS) is 15.2. The molecule has 0 fully saturated rings. The van der Waals surface area contributed by atoms with Gasteiger partial charge in [0.1, 0.15) is 12.3 Å². The predicted octanol–water partition coefficient (Wildman–Crippen LogP) is -0.896. The highest BCUT2D eigenvalue weighted by molar-refractivity contribution is 4.85. The molecule has 0 spiro atoms. The lowest BCUT2D eigenvalue weighted by Gasteiger charge is -2.25. The van der Waals surface area contributed by atoms with Crippen LogP contribution in [-0.4, -0.2) is 45.1 Å². The Morgan fingerprint density at radius 3 is 2.80 bits per heavy atom. The second kappa shape index (κ2) is 7.46. The molecule has 10 nitrogen and oxygen atoms in total. The van der Waals surface area contributed by atoms with Gasteiger partial charge < -0.3 is 14.9 Å². The quantitative estimate of drug-likeness (QED) is 0.336. The van der Waals surface area contributed by atoms with E-state index in [4.69, 9.17) is 15.4 Å². The Kier molecular flexibility index (Phi) is 5.94. The van der Waals surface area contributed by atoms with E-state index in [0.717, 1.165) is 10.6 Å². The summed E-state index contributed by atoms with van der Waals surface area (Å²) in [6, 6.07) is 1.10. The van der Waals surface area contributed by atoms with Gasteiger partial charge in [0.05, 0.1) is 19.3 Å². The minimum Gasteiger partial charge on any atom is -0.394 e. The third kappa shape index (κ3) is 4.21. The molecule has 0 aliphatic carbocycles. The summed E-state index contributed by atoms with van der Waals surface area (Å²) in [5, 5.41) is 21.8. The van der Waals surface area contributed by atoms with Gasteiger partial charge >= 0.3 is 5.69 Å². The van der Waals surface area contributed by atoms with Crippen LogP contribution in [-0.2, 0) is 4.74 Å². The smallest absolute Gasteiger partial charge is 0.330 e. The number of ether oxygens (including phenoxy) is 1. The van der Waals surface area contributed by atoms with E-state index in [1.807, 2.05) is 4.98 Å². The van der Waals surface area contributed by atoms with E-state index >= 15 is 0 Å². The van der Waals surface area contributed by atoms with Gasteiger partial charge in [-0.25, -0.2) is 4.79 Å². The zero-order valence-electron chi connectivity index (χ0n) is 10.7. The fourth-order valence-electron chi connectivity index (χ4n) is 1.47. The van der Waals surface area contributed by atoms with Gasteiger partial charge in [-0.05, 0) is 12.5 Å². The van der Waals surface area contributed by atoms with Crippen molar-refractivity contribution in [2.45, 2.75) is 25.4 Å². The summed E-state index contributed by atoms with van der Waals surface area (Å²) in [5.74, 6) is 0. The zero-order chi connectivity index (χ0) is 15.1. The Hall–Kier alpha value is -2.13. The third-order valence-corrected chi connectivity index (χ3v) is 2.51. The summed E-state index contributed by atoms with van der Waals surface area (Å²) in [5.41, 5.74) is 7.00. The first-order valence-corrected chi connectivity index (χ1v) is 5.76. The van der Waals surface area contributed by atoms with Crippen LogP contribution in [0.15, 0.2) is 27.0 Å². The molecule has 1 heterocycles. The van der Waals surface area contributed by atoms with Crippen LogP contribution in [0.4, 0.5) is 0 Å². The Labute approximate surface area is 112 Å². The van der Waals surface area contributed by atoms with Crippen molar-refractivity contribution in [3.63, 3.8) is 0 Å². The molecule has 1 rings (SSSR count). The van der Waals surface area contributed by atoms with Crippen molar-refractivity contribution in [3.05, 3.63) is 43.5 Å². The van der Waals surface area contributed by atoms with E-state index in [9.17, 15) is 14.7 Å². The minimum absolute atomic E-state index is 0.244. The van der Waals surface area contributed by atoms with Crippen molar-refractivity contribution < 1.29 is 14.9 Å². The topological polar surface area (TPSA) is 153 Å². The summed E-state index contributed by atoms with van der Waals surface area (Å²) in [7, 11) is 0. The Balaban J connectivity index is 3.08. The van der Waals surface area contributed by atoms with Crippen LogP contribution in [0, 0.1) is 0 Å². The van der Waals surface area contributed by atoms with E-state index in [1.54, 1.807) is 0 Å². The lowest BCUT2D eigenvalue weighted by molar-refractivity contribution is -0.116. The van der Waals surface area contributed by atoms with E-state index in [1.165, 1.54) is 13.1 Å². The summed E-state index contributed by atoms with van der Waals surface area (Å²) >= 11 is 0. The highest BCUT2D eigenvalue weighted by Gasteiger charge is 2.21. The predicted molar refractivity (Wildman–Crippen MR) is 68.0 cm³/mol. The molecule has 0 unspecified atom stereocenters. The maximum absolute atomic E-state index is 11.7. The van der Waals surface area contributed by atoms with Gasteiger partial charge in [0, 0.05) is 17.2 Å². The summed E-state index contributed by atoms with van der Waals surface area (Å²) in [6.45, 7) is 0.676. The van der Waals surface area contributed by atoms with Gasteiger partial charge in [-0.1, -0.05) is 5.11 Å². The fourth-order valence-corrected chi connectivity index (χ4v) is 1.47. The van der Waals surface area contributed by atoms with Crippen LogP contribution >= 0.6 is 0 Å².